The lowest BCUT2D eigenvalue weighted by atomic mass is 9.80. The summed E-state index contributed by atoms with van der Waals surface area (Å²) in [5, 5.41) is 6.42. The largest absolute Gasteiger partial charge is 0.339 e. The highest BCUT2D eigenvalue weighted by Gasteiger charge is 2.34. The van der Waals surface area contributed by atoms with Gasteiger partial charge in [0.25, 0.3) is 0 Å². The molecule has 0 aromatic heterocycles. The number of carbonyl (C=O) groups is 1. The van der Waals surface area contributed by atoms with E-state index in [0.717, 1.165) is 25.8 Å². The number of hydrazine groups is 1. The van der Waals surface area contributed by atoms with Gasteiger partial charge in [0.05, 0.1) is 12.3 Å². The van der Waals surface area contributed by atoms with E-state index in [1.54, 1.807) is 0 Å². The summed E-state index contributed by atoms with van der Waals surface area (Å²) in [6, 6.07) is -0.0648. The Morgan fingerprint density at radius 1 is 1.06 bits per heavy atom. The summed E-state index contributed by atoms with van der Waals surface area (Å²) < 4.78 is 13.5. The van der Waals surface area contributed by atoms with Crippen LogP contribution in [-0.2, 0) is 9.63 Å². The van der Waals surface area contributed by atoms with Gasteiger partial charge in [-0.15, -0.1) is 0 Å². The molecule has 8 nitrogen and oxygen atoms in total. The number of hydrogen-bond acceptors (Lipinski definition) is 6. The molecule has 2 aliphatic carbocycles. The number of alkyl halides is 1. The van der Waals surface area contributed by atoms with Crippen LogP contribution in [0.1, 0.15) is 78.1 Å². The number of rotatable bonds is 5. The third-order valence-corrected chi connectivity index (χ3v) is 7.82. The van der Waals surface area contributed by atoms with Crippen LogP contribution in [0, 0.1) is 17.8 Å². The highest BCUT2D eigenvalue weighted by molar-refractivity contribution is 5.99. The van der Waals surface area contributed by atoms with Crippen molar-refractivity contribution in [1.29, 1.82) is 0 Å². The summed E-state index contributed by atoms with van der Waals surface area (Å²) in [6.45, 7) is 4.98. The Morgan fingerprint density at radius 3 is 2.56 bits per heavy atom. The molecule has 0 bridgehead atoms. The van der Waals surface area contributed by atoms with Crippen LogP contribution < -0.4 is 27.0 Å². The van der Waals surface area contributed by atoms with Gasteiger partial charge in [-0.25, -0.2) is 9.82 Å². The van der Waals surface area contributed by atoms with Crippen molar-refractivity contribution in [1.82, 2.24) is 27.0 Å². The first-order valence-electron chi connectivity index (χ1n) is 12.7. The van der Waals surface area contributed by atoms with E-state index in [9.17, 15) is 9.18 Å². The maximum atomic E-state index is 13.5. The number of nitrogens with one attached hydrogen (secondary N) is 5. The first-order chi connectivity index (χ1) is 15.5. The molecular formula is C23H41FN6O2. The fourth-order valence-corrected chi connectivity index (χ4v) is 5.62. The molecule has 5 N–H and O–H groups in total. The topological polar surface area (TPSA) is 98.8 Å². The SMILES string of the molecule is CC1CC(C(=O)NC(=NCC2CCCCC2C)NC2CC(C3CCC(F)CC3)NN2)NO1. The zero-order valence-corrected chi connectivity index (χ0v) is 19.5. The normalized spacial score (nSPS) is 40.9. The Morgan fingerprint density at radius 2 is 1.84 bits per heavy atom. The average Bonchev–Trinajstić information content (AvgIpc) is 3.43. The monoisotopic (exact) mass is 452 g/mol. The van der Waals surface area contributed by atoms with Crippen LogP contribution in [0.4, 0.5) is 4.39 Å². The van der Waals surface area contributed by atoms with Crippen molar-refractivity contribution in [2.24, 2.45) is 22.7 Å². The summed E-state index contributed by atoms with van der Waals surface area (Å²) in [6.07, 6.45) is 9.07. The Labute approximate surface area is 191 Å². The summed E-state index contributed by atoms with van der Waals surface area (Å²) in [5.41, 5.74) is 9.52. The number of aliphatic imine (C=N–C) groups is 1. The fourth-order valence-electron chi connectivity index (χ4n) is 5.62. The van der Waals surface area contributed by atoms with Gasteiger partial charge in [-0.3, -0.25) is 25.4 Å². The highest BCUT2D eigenvalue weighted by Crippen LogP contribution is 2.31. The van der Waals surface area contributed by atoms with Crippen LogP contribution in [0.2, 0.25) is 0 Å². The van der Waals surface area contributed by atoms with Gasteiger partial charge in [-0.1, -0.05) is 26.2 Å². The van der Waals surface area contributed by atoms with Gasteiger partial charge in [0.1, 0.15) is 12.2 Å². The first-order valence-corrected chi connectivity index (χ1v) is 12.7. The van der Waals surface area contributed by atoms with E-state index >= 15 is 0 Å². The molecule has 0 aromatic rings. The van der Waals surface area contributed by atoms with Crippen molar-refractivity contribution in [3.63, 3.8) is 0 Å². The van der Waals surface area contributed by atoms with Crippen molar-refractivity contribution in [3.05, 3.63) is 0 Å². The second kappa shape index (κ2) is 11.2. The summed E-state index contributed by atoms with van der Waals surface area (Å²) >= 11 is 0. The molecule has 0 radical (unpaired) electrons. The lowest BCUT2D eigenvalue weighted by Gasteiger charge is -2.28. The van der Waals surface area contributed by atoms with Crippen molar-refractivity contribution in [2.45, 2.75) is 109 Å². The van der Waals surface area contributed by atoms with Gasteiger partial charge in [-0.05, 0) is 63.2 Å². The Kier molecular flexibility index (Phi) is 8.37. The van der Waals surface area contributed by atoms with Gasteiger partial charge in [0.15, 0.2) is 5.96 Å². The molecule has 2 saturated heterocycles. The molecule has 1 amide bonds. The molecule has 4 rings (SSSR count). The summed E-state index contributed by atoms with van der Waals surface area (Å²) in [4.78, 5) is 23.0. The van der Waals surface area contributed by atoms with Crippen LogP contribution in [0.25, 0.3) is 0 Å². The number of hydrogen-bond donors (Lipinski definition) is 5. The second-order valence-corrected chi connectivity index (χ2v) is 10.4. The van der Waals surface area contributed by atoms with E-state index in [-0.39, 0.29) is 24.2 Å². The average molecular weight is 453 g/mol. The number of hydroxylamine groups is 1. The molecule has 4 aliphatic rings. The fraction of sp³-hybridized carbons (Fsp3) is 0.913. The molecule has 0 spiro atoms. The summed E-state index contributed by atoms with van der Waals surface area (Å²) in [7, 11) is 0. The predicted molar refractivity (Wildman–Crippen MR) is 122 cm³/mol. The minimum absolute atomic E-state index is 0.0167. The van der Waals surface area contributed by atoms with Crippen LogP contribution in [0.3, 0.4) is 0 Å². The lowest BCUT2D eigenvalue weighted by Crippen LogP contribution is -2.53. The maximum absolute atomic E-state index is 13.5. The van der Waals surface area contributed by atoms with Crippen LogP contribution in [-0.4, -0.2) is 48.9 Å². The molecule has 4 fully saturated rings. The number of halogens is 1. The van der Waals surface area contributed by atoms with E-state index < -0.39 is 6.17 Å². The highest BCUT2D eigenvalue weighted by atomic mass is 19.1. The van der Waals surface area contributed by atoms with E-state index in [2.05, 4.69) is 33.9 Å². The minimum atomic E-state index is -0.637. The maximum Gasteiger partial charge on any atom is 0.246 e. The van der Waals surface area contributed by atoms with Crippen LogP contribution in [0.15, 0.2) is 4.99 Å². The lowest BCUT2D eigenvalue weighted by molar-refractivity contribution is -0.122. The van der Waals surface area contributed by atoms with Gasteiger partial charge in [-0.2, -0.15) is 5.48 Å². The van der Waals surface area contributed by atoms with Gasteiger partial charge >= 0.3 is 0 Å². The van der Waals surface area contributed by atoms with E-state index in [1.807, 2.05) is 6.92 Å². The molecule has 32 heavy (non-hydrogen) atoms. The van der Waals surface area contributed by atoms with Crippen molar-refractivity contribution >= 4 is 11.9 Å². The van der Waals surface area contributed by atoms with E-state index in [4.69, 9.17) is 9.83 Å². The van der Waals surface area contributed by atoms with E-state index in [0.29, 0.717) is 49.0 Å². The summed E-state index contributed by atoms with van der Waals surface area (Å²) in [5.74, 6) is 2.11. The van der Waals surface area contributed by atoms with Crippen molar-refractivity contribution < 1.29 is 14.0 Å². The molecule has 2 saturated carbocycles. The zero-order valence-electron chi connectivity index (χ0n) is 19.5. The Balaban J connectivity index is 1.35. The quantitative estimate of drug-likeness (QED) is 0.324. The standard InChI is InChI=1S/C23H41FN6O2/c1-14-5-3-4-6-17(14)13-25-23(27-22(31)20-11-15(2)32-30-20)26-21-12-19(28-29-21)16-7-9-18(24)10-8-16/h14-21,28-30H,3-13H2,1-2H3,(H2,25,26,27,31). The molecule has 182 valence electrons. The van der Waals surface area contributed by atoms with Crippen molar-refractivity contribution in [3.8, 4) is 0 Å². The molecule has 2 heterocycles. The second-order valence-electron chi connectivity index (χ2n) is 10.4. The molecule has 6 unspecified atom stereocenters. The van der Waals surface area contributed by atoms with Crippen molar-refractivity contribution in [2.75, 3.05) is 6.54 Å². The number of guanidine groups is 1. The van der Waals surface area contributed by atoms with Gasteiger partial charge < -0.3 is 5.32 Å². The molecule has 2 aliphatic heterocycles. The van der Waals surface area contributed by atoms with Crippen LogP contribution in [0.5, 0.6) is 0 Å². The molecular weight excluding hydrogens is 411 g/mol. The molecule has 0 aromatic carbocycles. The number of amides is 1. The van der Waals surface area contributed by atoms with Crippen LogP contribution >= 0.6 is 0 Å². The zero-order chi connectivity index (χ0) is 22.5. The number of nitrogens with zero attached hydrogens (tertiary/aromatic N) is 1. The van der Waals surface area contributed by atoms with E-state index in [1.165, 1.54) is 25.7 Å². The minimum Gasteiger partial charge on any atom is -0.339 e. The molecule has 9 heteroatoms. The third kappa shape index (κ3) is 6.40. The smallest absolute Gasteiger partial charge is 0.246 e. The van der Waals surface area contributed by atoms with Gasteiger partial charge in [0.2, 0.25) is 5.91 Å². The Hall–Kier alpha value is -1.29. The molecule has 6 atom stereocenters. The van der Waals surface area contributed by atoms with Gasteiger partial charge in [0, 0.05) is 19.0 Å². The third-order valence-electron chi connectivity index (χ3n) is 7.82. The first kappa shape index (κ1) is 23.9. The predicted octanol–water partition coefficient (Wildman–Crippen LogP) is 2.28. The Bertz CT molecular complexity index is 656. The number of carbonyl (C=O) groups excluding carboxylic acids is 1.